The number of thioether (sulfide) groups is 1. The minimum Gasteiger partial charge on any atom is -0.469 e. The number of nitrogens with two attached hydrogens (primary N) is 1. The van der Waals surface area contributed by atoms with Gasteiger partial charge in [0.1, 0.15) is 11.0 Å². The number of hydrogen-bond acceptors (Lipinski definition) is 5. The molecular weight excluding hydrogens is 372 g/mol. The second-order valence-electron chi connectivity index (χ2n) is 6.18. The van der Waals surface area contributed by atoms with Crippen molar-refractivity contribution in [2.45, 2.75) is 17.3 Å². The minimum absolute atomic E-state index is 0.431. The zero-order valence-electron chi connectivity index (χ0n) is 15.1. The van der Waals surface area contributed by atoms with E-state index in [9.17, 15) is 4.79 Å². The van der Waals surface area contributed by atoms with Crippen LogP contribution in [0.2, 0.25) is 0 Å². The molecule has 28 heavy (non-hydrogen) atoms. The molecule has 0 aliphatic heterocycles. The maximum Gasteiger partial charge on any atom is 0.235 e. The van der Waals surface area contributed by atoms with E-state index in [2.05, 4.69) is 10.2 Å². The fraction of sp³-hybridized carbons (Fsp3) is 0.0952. The molecule has 140 valence electrons. The third-order valence-corrected chi connectivity index (χ3v) is 5.55. The largest absolute Gasteiger partial charge is 0.469 e. The summed E-state index contributed by atoms with van der Waals surface area (Å²) in [4.78, 5) is 12.2. The third kappa shape index (κ3) is 3.44. The van der Waals surface area contributed by atoms with Gasteiger partial charge in [0.05, 0.1) is 11.8 Å². The molecule has 2 N–H and O–H groups in total. The Morgan fingerprint density at radius 1 is 1.04 bits per heavy atom. The summed E-state index contributed by atoms with van der Waals surface area (Å²) in [5.41, 5.74) is 8.26. The van der Waals surface area contributed by atoms with Crippen molar-refractivity contribution >= 4 is 17.7 Å². The average Bonchev–Trinajstić information content (AvgIpc) is 3.32. The lowest BCUT2D eigenvalue weighted by atomic mass is 10.1. The van der Waals surface area contributed by atoms with Gasteiger partial charge in [0.25, 0.3) is 0 Å². The Kier molecular flexibility index (Phi) is 4.99. The molecule has 0 saturated carbocycles. The molecule has 0 bridgehead atoms. The third-order valence-electron chi connectivity index (χ3n) is 4.33. The number of amides is 1. The van der Waals surface area contributed by atoms with E-state index in [1.54, 1.807) is 6.26 Å². The highest BCUT2D eigenvalue weighted by atomic mass is 32.2. The fourth-order valence-corrected chi connectivity index (χ4v) is 3.98. The number of furan rings is 1. The van der Waals surface area contributed by atoms with Crippen LogP contribution in [0.5, 0.6) is 0 Å². The quantitative estimate of drug-likeness (QED) is 0.500. The van der Waals surface area contributed by atoms with Crippen LogP contribution in [-0.2, 0) is 4.79 Å². The molecule has 2 heterocycles. The maximum atomic E-state index is 12.2. The van der Waals surface area contributed by atoms with E-state index in [4.69, 9.17) is 10.2 Å². The molecule has 7 heteroatoms. The molecule has 1 unspecified atom stereocenters. The zero-order chi connectivity index (χ0) is 19.5. The van der Waals surface area contributed by atoms with Crippen molar-refractivity contribution in [1.29, 1.82) is 0 Å². The number of rotatable bonds is 6. The summed E-state index contributed by atoms with van der Waals surface area (Å²) in [6, 6.07) is 21.1. The van der Waals surface area contributed by atoms with E-state index in [0.29, 0.717) is 11.0 Å². The van der Waals surface area contributed by atoms with E-state index in [1.807, 2.05) is 78.2 Å². The van der Waals surface area contributed by atoms with Gasteiger partial charge in [-0.2, -0.15) is 0 Å². The highest BCUT2D eigenvalue weighted by Gasteiger charge is 2.25. The molecule has 6 nitrogen and oxygen atoms in total. The Morgan fingerprint density at radius 3 is 2.32 bits per heavy atom. The fourth-order valence-electron chi connectivity index (χ4n) is 2.97. The van der Waals surface area contributed by atoms with Crippen molar-refractivity contribution in [3.63, 3.8) is 0 Å². The summed E-state index contributed by atoms with van der Waals surface area (Å²) in [6.45, 7) is 1.88. The van der Waals surface area contributed by atoms with E-state index >= 15 is 0 Å². The van der Waals surface area contributed by atoms with Crippen molar-refractivity contribution < 1.29 is 9.21 Å². The second kappa shape index (κ2) is 7.74. The van der Waals surface area contributed by atoms with E-state index in [-0.39, 0.29) is 0 Å². The summed E-state index contributed by atoms with van der Waals surface area (Å²) in [6.07, 6.45) is 1.62. The first-order valence-electron chi connectivity index (χ1n) is 8.71. The number of aryl methyl sites for hydroxylation is 1. The van der Waals surface area contributed by atoms with Crippen LogP contribution in [0.15, 0.2) is 82.6 Å². The van der Waals surface area contributed by atoms with E-state index in [1.165, 1.54) is 11.8 Å². The highest BCUT2D eigenvalue weighted by molar-refractivity contribution is 8.00. The Bertz CT molecular complexity index is 1090. The topological polar surface area (TPSA) is 86.9 Å². The first-order valence-corrected chi connectivity index (χ1v) is 9.59. The highest BCUT2D eigenvalue weighted by Crippen LogP contribution is 2.37. The lowest BCUT2D eigenvalue weighted by Crippen LogP contribution is -2.19. The van der Waals surface area contributed by atoms with E-state index < -0.39 is 11.2 Å². The first-order chi connectivity index (χ1) is 13.6. The van der Waals surface area contributed by atoms with Gasteiger partial charge in [-0.15, -0.1) is 10.2 Å². The predicted octanol–water partition coefficient (Wildman–Crippen LogP) is 4.15. The van der Waals surface area contributed by atoms with Crippen molar-refractivity contribution in [3.8, 4) is 17.1 Å². The maximum absolute atomic E-state index is 12.2. The Morgan fingerprint density at radius 2 is 1.71 bits per heavy atom. The number of benzene rings is 2. The number of para-hydroxylation sites is 1. The summed E-state index contributed by atoms with van der Waals surface area (Å²) < 4.78 is 7.36. The summed E-state index contributed by atoms with van der Waals surface area (Å²) in [5, 5.41) is 8.75. The van der Waals surface area contributed by atoms with Gasteiger partial charge in [-0.1, -0.05) is 60.3 Å². The number of hydrogen-bond donors (Lipinski definition) is 1. The Balaban J connectivity index is 1.82. The number of aromatic nitrogens is 3. The number of carbonyl (C=O) groups excluding carboxylic acids is 1. The van der Waals surface area contributed by atoms with Crippen molar-refractivity contribution in [2.75, 3.05) is 0 Å². The number of nitrogens with zero attached hydrogens (tertiary/aromatic N) is 3. The SMILES string of the molecule is Cc1occc1-c1nnc(SC(C(N)=O)c2ccccc2)n1-c1ccccc1. The molecule has 4 aromatic rings. The summed E-state index contributed by atoms with van der Waals surface area (Å²) in [7, 11) is 0. The van der Waals surface area contributed by atoms with Gasteiger partial charge in [0, 0.05) is 5.69 Å². The standard InChI is InChI=1S/C21H18N4O2S/c1-14-17(12-13-27-14)20-23-24-21(25(20)16-10-6-3-7-11-16)28-18(19(22)26)15-8-4-2-5-9-15/h2-13,18H,1H3,(H2,22,26). The molecule has 1 amide bonds. The molecule has 2 aromatic heterocycles. The molecular formula is C21H18N4O2S. The van der Waals surface area contributed by atoms with Crippen LogP contribution >= 0.6 is 11.8 Å². The number of carbonyl (C=O) groups is 1. The first kappa shape index (κ1) is 18.1. The van der Waals surface area contributed by atoms with Crippen LogP contribution in [0.3, 0.4) is 0 Å². The van der Waals surface area contributed by atoms with Gasteiger partial charge in [0.2, 0.25) is 5.91 Å². The smallest absolute Gasteiger partial charge is 0.235 e. The molecule has 0 aliphatic rings. The lowest BCUT2D eigenvalue weighted by molar-refractivity contribution is -0.117. The second-order valence-corrected chi connectivity index (χ2v) is 7.25. The molecule has 0 spiro atoms. The monoisotopic (exact) mass is 390 g/mol. The zero-order valence-corrected chi connectivity index (χ0v) is 16.0. The Labute approximate surface area is 166 Å². The van der Waals surface area contributed by atoms with Gasteiger partial charge in [-0.25, -0.2) is 0 Å². The summed E-state index contributed by atoms with van der Waals surface area (Å²) in [5.74, 6) is 0.965. The Hall–Kier alpha value is -3.32. The van der Waals surface area contributed by atoms with Gasteiger partial charge in [-0.05, 0) is 30.7 Å². The van der Waals surface area contributed by atoms with Crippen LogP contribution in [0, 0.1) is 6.92 Å². The van der Waals surface area contributed by atoms with Crippen LogP contribution in [0.4, 0.5) is 0 Å². The van der Waals surface area contributed by atoms with Crippen molar-refractivity contribution in [1.82, 2.24) is 14.8 Å². The van der Waals surface area contributed by atoms with Crippen molar-refractivity contribution in [2.24, 2.45) is 5.73 Å². The van der Waals surface area contributed by atoms with Crippen LogP contribution < -0.4 is 5.73 Å². The molecule has 0 aliphatic carbocycles. The molecule has 2 aromatic carbocycles. The minimum atomic E-state index is -0.578. The van der Waals surface area contributed by atoms with Gasteiger partial charge < -0.3 is 10.2 Å². The van der Waals surface area contributed by atoms with Crippen LogP contribution in [0.25, 0.3) is 17.1 Å². The summed E-state index contributed by atoms with van der Waals surface area (Å²) >= 11 is 1.28. The van der Waals surface area contributed by atoms with Crippen LogP contribution in [0.1, 0.15) is 16.6 Å². The van der Waals surface area contributed by atoms with Crippen molar-refractivity contribution in [3.05, 3.63) is 84.3 Å². The molecule has 1 atom stereocenters. The van der Waals surface area contributed by atoms with Gasteiger partial charge >= 0.3 is 0 Å². The molecule has 0 radical (unpaired) electrons. The van der Waals surface area contributed by atoms with Gasteiger partial charge in [0.15, 0.2) is 11.0 Å². The van der Waals surface area contributed by atoms with E-state index in [0.717, 1.165) is 22.6 Å². The lowest BCUT2D eigenvalue weighted by Gasteiger charge is -2.15. The van der Waals surface area contributed by atoms with Crippen LogP contribution in [-0.4, -0.2) is 20.7 Å². The molecule has 4 rings (SSSR count). The average molecular weight is 390 g/mol. The number of primary amides is 1. The molecule has 0 saturated heterocycles. The van der Waals surface area contributed by atoms with Gasteiger partial charge in [-0.3, -0.25) is 9.36 Å². The molecule has 0 fully saturated rings. The normalized spacial score (nSPS) is 12.0. The predicted molar refractivity (Wildman–Crippen MR) is 108 cm³/mol.